The first-order valence-corrected chi connectivity index (χ1v) is 7.25. The average molecular weight is 289 g/mol. The summed E-state index contributed by atoms with van der Waals surface area (Å²) in [5, 5.41) is 9.44. The molecule has 0 saturated heterocycles. The third-order valence-corrected chi connectivity index (χ3v) is 3.90. The molecule has 104 valence electrons. The van der Waals surface area contributed by atoms with Gasteiger partial charge in [-0.3, -0.25) is 4.98 Å². The van der Waals surface area contributed by atoms with Gasteiger partial charge in [0.05, 0.1) is 11.8 Å². The van der Waals surface area contributed by atoms with Crippen molar-refractivity contribution < 1.29 is 14.6 Å². The molecule has 1 N–H and O–H groups in total. The summed E-state index contributed by atoms with van der Waals surface area (Å²) in [6.45, 7) is 2.89. The number of aromatic nitrogens is 1. The van der Waals surface area contributed by atoms with Gasteiger partial charge in [-0.1, -0.05) is 11.8 Å². The molecular formula is C15H15NO3S. The Morgan fingerprint density at radius 2 is 1.85 bits per heavy atom. The lowest BCUT2D eigenvalue weighted by atomic mass is 10.2. The van der Waals surface area contributed by atoms with E-state index in [1.807, 2.05) is 30.3 Å². The summed E-state index contributed by atoms with van der Waals surface area (Å²) < 4.78 is 11.1. The van der Waals surface area contributed by atoms with Gasteiger partial charge >= 0.3 is 0 Å². The van der Waals surface area contributed by atoms with Crippen LogP contribution in [-0.2, 0) is 0 Å². The van der Waals surface area contributed by atoms with E-state index in [4.69, 9.17) is 9.47 Å². The second-order valence-corrected chi connectivity index (χ2v) is 5.65. The lowest BCUT2D eigenvalue weighted by Crippen LogP contribution is -2.15. The number of aliphatic hydroxyl groups excluding tert-OH is 1. The molecule has 1 aliphatic heterocycles. The molecular weight excluding hydrogens is 274 g/mol. The molecule has 1 atom stereocenters. The van der Waals surface area contributed by atoms with Gasteiger partial charge in [0.15, 0.2) is 11.5 Å². The first-order valence-electron chi connectivity index (χ1n) is 6.44. The summed E-state index contributed by atoms with van der Waals surface area (Å²) in [4.78, 5) is 6.32. The minimum absolute atomic E-state index is 0.539. The number of benzene rings is 1. The van der Waals surface area contributed by atoms with E-state index in [-0.39, 0.29) is 0 Å². The van der Waals surface area contributed by atoms with Crippen molar-refractivity contribution in [3.05, 3.63) is 42.2 Å². The highest BCUT2D eigenvalue weighted by molar-refractivity contribution is 7.99. The Hall–Kier alpha value is -1.72. The Balaban J connectivity index is 1.77. The summed E-state index contributed by atoms with van der Waals surface area (Å²) >= 11 is 1.60. The van der Waals surface area contributed by atoms with Crippen LogP contribution in [0, 0.1) is 0 Å². The Morgan fingerprint density at radius 1 is 1.10 bits per heavy atom. The molecule has 0 radical (unpaired) electrons. The van der Waals surface area contributed by atoms with Crippen molar-refractivity contribution in [2.24, 2.45) is 0 Å². The Morgan fingerprint density at radius 3 is 2.55 bits per heavy atom. The zero-order valence-electron chi connectivity index (χ0n) is 11.1. The molecule has 1 unspecified atom stereocenters. The maximum Gasteiger partial charge on any atom is 0.162 e. The first-order chi connectivity index (χ1) is 9.72. The van der Waals surface area contributed by atoms with Gasteiger partial charge in [0.1, 0.15) is 13.2 Å². The van der Waals surface area contributed by atoms with E-state index in [1.54, 1.807) is 24.9 Å². The molecule has 5 heteroatoms. The van der Waals surface area contributed by atoms with Crippen molar-refractivity contribution in [1.29, 1.82) is 0 Å². The number of hydrogen-bond acceptors (Lipinski definition) is 5. The molecule has 3 rings (SSSR count). The summed E-state index contributed by atoms with van der Waals surface area (Å²) in [6.07, 6.45) is 1.23. The van der Waals surface area contributed by atoms with E-state index < -0.39 is 6.10 Å². The summed E-state index contributed by atoms with van der Waals surface area (Å²) in [5.41, 5.74) is 0.677. The number of hydrogen-bond donors (Lipinski definition) is 1. The van der Waals surface area contributed by atoms with Crippen molar-refractivity contribution in [2.45, 2.75) is 22.8 Å². The van der Waals surface area contributed by atoms with Crippen LogP contribution in [0.3, 0.4) is 0 Å². The number of fused-ring (bicyclic) bond motifs is 1. The molecule has 4 nitrogen and oxygen atoms in total. The summed E-state index contributed by atoms with van der Waals surface area (Å²) in [7, 11) is 0. The first kappa shape index (κ1) is 13.3. The lowest BCUT2D eigenvalue weighted by Gasteiger charge is -2.18. The predicted molar refractivity (Wildman–Crippen MR) is 76.4 cm³/mol. The third-order valence-electron chi connectivity index (χ3n) is 2.94. The van der Waals surface area contributed by atoms with Crippen LogP contribution >= 0.6 is 11.8 Å². The smallest absolute Gasteiger partial charge is 0.162 e. The molecule has 0 fully saturated rings. The van der Waals surface area contributed by atoms with Crippen molar-refractivity contribution in [3.8, 4) is 11.5 Å². The molecule has 0 spiro atoms. The van der Waals surface area contributed by atoms with Gasteiger partial charge in [0, 0.05) is 16.0 Å². The Labute approximate surface area is 121 Å². The largest absolute Gasteiger partial charge is 0.486 e. The van der Waals surface area contributed by atoms with Crippen LogP contribution in [0.1, 0.15) is 18.7 Å². The van der Waals surface area contributed by atoms with Gasteiger partial charge in [0.2, 0.25) is 0 Å². The molecule has 0 amide bonds. The van der Waals surface area contributed by atoms with Gasteiger partial charge in [-0.25, -0.2) is 0 Å². The van der Waals surface area contributed by atoms with Gasteiger partial charge in [-0.2, -0.15) is 0 Å². The molecule has 0 saturated carbocycles. The lowest BCUT2D eigenvalue weighted by molar-refractivity contribution is 0.171. The highest BCUT2D eigenvalue weighted by Crippen LogP contribution is 2.36. The number of aliphatic hydroxyl groups is 1. The minimum atomic E-state index is -0.539. The number of rotatable bonds is 3. The topological polar surface area (TPSA) is 51.6 Å². The molecule has 2 aromatic rings. The van der Waals surface area contributed by atoms with Crippen LogP contribution in [-0.4, -0.2) is 23.3 Å². The molecule has 1 aliphatic rings. The monoisotopic (exact) mass is 289 g/mol. The second kappa shape index (κ2) is 5.73. The van der Waals surface area contributed by atoms with Gasteiger partial charge in [-0.15, -0.1) is 0 Å². The second-order valence-electron chi connectivity index (χ2n) is 4.50. The molecule has 0 aliphatic carbocycles. The van der Waals surface area contributed by atoms with Crippen molar-refractivity contribution in [1.82, 2.24) is 4.98 Å². The predicted octanol–water partition coefficient (Wildman–Crippen LogP) is 3.06. The Bertz CT molecular complexity index is 599. The van der Waals surface area contributed by atoms with E-state index in [2.05, 4.69) is 4.98 Å². The molecule has 1 aromatic heterocycles. The van der Waals surface area contributed by atoms with E-state index in [1.165, 1.54) is 0 Å². The molecule has 1 aromatic carbocycles. The maximum absolute atomic E-state index is 9.44. The van der Waals surface area contributed by atoms with Crippen LogP contribution in [0.2, 0.25) is 0 Å². The third kappa shape index (κ3) is 2.89. The number of pyridine rings is 1. The zero-order chi connectivity index (χ0) is 13.9. The van der Waals surface area contributed by atoms with Crippen LogP contribution in [0.15, 0.2) is 46.3 Å². The van der Waals surface area contributed by atoms with E-state index in [0.29, 0.717) is 18.9 Å². The van der Waals surface area contributed by atoms with E-state index >= 15 is 0 Å². The standard InChI is InChI=1S/C15H15NO3S/c1-10(17)13-4-2-12(9-16-13)20-11-3-5-14-15(8-11)19-7-6-18-14/h2-5,8-10,17H,6-7H2,1H3. The highest BCUT2D eigenvalue weighted by atomic mass is 32.2. The average Bonchev–Trinajstić information content (AvgIpc) is 2.48. The van der Waals surface area contributed by atoms with Crippen LogP contribution in [0.25, 0.3) is 0 Å². The van der Waals surface area contributed by atoms with Gasteiger partial charge < -0.3 is 14.6 Å². The van der Waals surface area contributed by atoms with Crippen LogP contribution < -0.4 is 9.47 Å². The van der Waals surface area contributed by atoms with E-state index in [9.17, 15) is 5.11 Å². The molecule has 20 heavy (non-hydrogen) atoms. The number of nitrogens with zero attached hydrogens (tertiary/aromatic N) is 1. The summed E-state index contributed by atoms with van der Waals surface area (Å²) in [6, 6.07) is 9.69. The SMILES string of the molecule is CC(O)c1ccc(Sc2ccc3c(c2)OCCO3)cn1. The van der Waals surface area contributed by atoms with Gasteiger partial charge in [-0.05, 0) is 37.3 Å². The van der Waals surface area contributed by atoms with Crippen molar-refractivity contribution >= 4 is 11.8 Å². The summed E-state index contributed by atoms with van der Waals surface area (Å²) in [5.74, 6) is 1.58. The quantitative estimate of drug-likeness (QED) is 0.941. The fourth-order valence-corrected chi connectivity index (χ4v) is 2.74. The van der Waals surface area contributed by atoms with Crippen LogP contribution in [0.4, 0.5) is 0 Å². The number of ether oxygens (including phenoxy) is 2. The molecule has 0 bridgehead atoms. The van der Waals surface area contributed by atoms with E-state index in [0.717, 1.165) is 21.3 Å². The molecule has 2 heterocycles. The highest BCUT2D eigenvalue weighted by Gasteiger charge is 2.12. The van der Waals surface area contributed by atoms with Gasteiger partial charge in [0.25, 0.3) is 0 Å². The normalized spacial score (nSPS) is 14.9. The fourth-order valence-electron chi connectivity index (χ4n) is 1.92. The van der Waals surface area contributed by atoms with Crippen LogP contribution in [0.5, 0.6) is 11.5 Å². The fraction of sp³-hybridized carbons (Fsp3) is 0.267. The van der Waals surface area contributed by atoms with Crippen molar-refractivity contribution in [3.63, 3.8) is 0 Å². The Kier molecular flexibility index (Phi) is 3.80. The van der Waals surface area contributed by atoms with Crippen molar-refractivity contribution in [2.75, 3.05) is 13.2 Å². The maximum atomic E-state index is 9.44. The zero-order valence-corrected chi connectivity index (χ0v) is 11.9. The minimum Gasteiger partial charge on any atom is -0.486 e.